The van der Waals surface area contributed by atoms with Crippen molar-refractivity contribution in [2.75, 3.05) is 6.54 Å². The first-order valence-electron chi connectivity index (χ1n) is 6.10. The van der Waals surface area contributed by atoms with Crippen molar-refractivity contribution >= 4 is 10.0 Å². The molecule has 0 aliphatic carbocycles. The number of rotatable bonds is 6. The van der Waals surface area contributed by atoms with Gasteiger partial charge in [0.15, 0.2) is 0 Å². The standard InChI is InChI=1S/C14H17NO3S/c1-12-4-2-5-13(10-12)11-19(16,17)15-8-7-14-6-3-9-18-14/h2-6,9-10,15H,7-8,11H2,1H3. The Morgan fingerprint density at radius 2 is 2.05 bits per heavy atom. The van der Waals surface area contributed by atoms with E-state index in [4.69, 9.17) is 4.42 Å². The zero-order valence-electron chi connectivity index (χ0n) is 10.8. The molecule has 0 saturated carbocycles. The average Bonchev–Trinajstić information content (AvgIpc) is 2.81. The Kier molecular flexibility index (Phi) is 4.39. The monoisotopic (exact) mass is 279 g/mol. The summed E-state index contributed by atoms with van der Waals surface area (Å²) < 4.78 is 31.5. The smallest absolute Gasteiger partial charge is 0.215 e. The van der Waals surface area contributed by atoms with E-state index in [0.717, 1.165) is 16.9 Å². The van der Waals surface area contributed by atoms with E-state index in [0.29, 0.717) is 13.0 Å². The minimum Gasteiger partial charge on any atom is -0.469 e. The molecular weight excluding hydrogens is 262 g/mol. The van der Waals surface area contributed by atoms with Crippen molar-refractivity contribution in [1.29, 1.82) is 0 Å². The molecule has 0 amide bonds. The molecule has 1 heterocycles. The maximum atomic E-state index is 11.9. The van der Waals surface area contributed by atoms with Gasteiger partial charge in [0.1, 0.15) is 5.76 Å². The van der Waals surface area contributed by atoms with Crippen LogP contribution >= 0.6 is 0 Å². The summed E-state index contributed by atoms with van der Waals surface area (Å²) in [6.45, 7) is 2.29. The molecule has 102 valence electrons. The van der Waals surface area contributed by atoms with Crippen molar-refractivity contribution in [2.24, 2.45) is 0 Å². The molecule has 0 saturated heterocycles. The van der Waals surface area contributed by atoms with Gasteiger partial charge in [0.05, 0.1) is 12.0 Å². The highest BCUT2D eigenvalue weighted by molar-refractivity contribution is 7.88. The van der Waals surface area contributed by atoms with Crippen LogP contribution in [0, 0.1) is 6.92 Å². The van der Waals surface area contributed by atoms with Crippen molar-refractivity contribution in [1.82, 2.24) is 4.72 Å². The lowest BCUT2D eigenvalue weighted by Gasteiger charge is -2.06. The number of aryl methyl sites for hydroxylation is 1. The molecule has 2 rings (SSSR count). The lowest BCUT2D eigenvalue weighted by atomic mass is 10.2. The van der Waals surface area contributed by atoms with Gasteiger partial charge in [-0.15, -0.1) is 0 Å². The summed E-state index contributed by atoms with van der Waals surface area (Å²) in [6, 6.07) is 11.1. The van der Waals surface area contributed by atoms with Crippen LogP contribution in [-0.4, -0.2) is 15.0 Å². The fourth-order valence-electron chi connectivity index (χ4n) is 1.86. The molecule has 5 heteroatoms. The van der Waals surface area contributed by atoms with E-state index in [9.17, 15) is 8.42 Å². The first-order valence-corrected chi connectivity index (χ1v) is 7.76. The second kappa shape index (κ2) is 6.04. The number of furan rings is 1. The molecular formula is C14H17NO3S. The van der Waals surface area contributed by atoms with E-state index in [1.165, 1.54) is 0 Å². The van der Waals surface area contributed by atoms with Crippen molar-refractivity contribution in [3.63, 3.8) is 0 Å². The van der Waals surface area contributed by atoms with E-state index < -0.39 is 10.0 Å². The Morgan fingerprint density at radius 3 is 2.74 bits per heavy atom. The summed E-state index contributed by atoms with van der Waals surface area (Å²) in [7, 11) is -3.30. The van der Waals surface area contributed by atoms with Crippen LogP contribution in [0.25, 0.3) is 0 Å². The number of hydrogen-bond donors (Lipinski definition) is 1. The topological polar surface area (TPSA) is 59.3 Å². The molecule has 0 fully saturated rings. The molecule has 19 heavy (non-hydrogen) atoms. The number of nitrogens with one attached hydrogen (secondary N) is 1. The van der Waals surface area contributed by atoms with Crippen LogP contribution in [0.15, 0.2) is 47.1 Å². The first-order chi connectivity index (χ1) is 9.05. The van der Waals surface area contributed by atoms with E-state index in [2.05, 4.69) is 4.72 Å². The van der Waals surface area contributed by atoms with Gasteiger partial charge in [-0.05, 0) is 24.6 Å². The molecule has 1 aromatic heterocycles. The second-order valence-electron chi connectivity index (χ2n) is 4.47. The zero-order chi connectivity index (χ0) is 13.7. The van der Waals surface area contributed by atoms with Crippen molar-refractivity contribution in [2.45, 2.75) is 19.1 Å². The van der Waals surface area contributed by atoms with Crippen LogP contribution in [-0.2, 0) is 22.2 Å². The quantitative estimate of drug-likeness (QED) is 0.882. The summed E-state index contributed by atoms with van der Waals surface area (Å²) in [4.78, 5) is 0. The van der Waals surface area contributed by atoms with Gasteiger partial charge >= 0.3 is 0 Å². The number of hydrogen-bond acceptors (Lipinski definition) is 3. The molecule has 2 aromatic rings. The summed E-state index contributed by atoms with van der Waals surface area (Å²) in [6.07, 6.45) is 2.14. The molecule has 0 bridgehead atoms. The SMILES string of the molecule is Cc1cccc(CS(=O)(=O)NCCc2ccco2)c1. The Balaban J connectivity index is 1.88. The summed E-state index contributed by atoms with van der Waals surface area (Å²) in [5.74, 6) is 0.783. The third-order valence-electron chi connectivity index (χ3n) is 2.71. The normalized spacial score (nSPS) is 11.6. The van der Waals surface area contributed by atoms with Crippen LogP contribution in [0.3, 0.4) is 0 Å². The minimum atomic E-state index is -3.30. The van der Waals surface area contributed by atoms with Gasteiger partial charge in [-0.3, -0.25) is 0 Å². The average molecular weight is 279 g/mol. The Hall–Kier alpha value is -1.59. The molecule has 0 aliphatic heterocycles. The highest BCUT2D eigenvalue weighted by atomic mass is 32.2. The Labute approximate surface area is 113 Å². The lowest BCUT2D eigenvalue weighted by Crippen LogP contribution is -2.27. The molecule has 0 unspecified atom stereocenters. The van der Waals surface area contributed by atoms with Gasteiger partial charge in [-0.1, -0.05) is 29.8 Å². The van der Waals surface area contributed by atoms with Crippen LogP contribution in [0.5, 0.6) is 0 Å². The van der Waals surface area contributed by atoms with Crippen molar-refractivity contribution in [3.05, 3.63) is 59.5 Å². The van der Waals surface area contributed by atoms with Crippen LogP contribution < -0.4 is 4.72 Å². The summed E-state index contributed by atoms with van der Waals surface area (Å²) in [5, 5.41) is 0. The first kappa shape index (κ1) is 13.8. The van der Waals surface area contributed by atoms with E-state index in [1.807, 2.05) is 37.3 Å². The summed E-state index contributed by atoms with van der Waals surface area (Å²) >= 11 is 0. The molecule has 1 N–H and O–H groups in total. The van der Waals surface area contributed by atoms with E-state index in [-0.39, 0.29) is 5.75 Å². The fourth-order valence-corrected chi connectivity index (χ4v) is 2.99. The minimum absolute atomic E-state index is 0.00678. The Morgan fingerprint density at radius 1 is 1.21 bits per heavy atom. The maximum absolute atomic E-state index is 11.9. The molecule has 4 nitrogen and oxygen atoms in total. The van der Waals surface area contributed by atoms with Crippen molar-refractivity contribution in [3.8, 4) is 0 Å². The van der Waals surface area contributed by atoms with Crippen molar-refractivity contribution < 1.29 is 12.8 Å². The van der Waals surface area contributed by atoms with Gasteiger partial charge in [0, 0.05) is 13.0 Å². The predicted octanol–water partition coefficient (Wildman–Crippen LogP) is 2.25. The summed E-state index contributed by atoms with van der Waals surface area (Å²) in [5.41, 5.74) is 1.86. The second-order valence-corrected chi connectivity index (χ2v) is 6.28. The van der Waals surface area contributed by atoms with E-state index >= 15 is 0 Å². The van der Waals surface area contributed by atoms with Gasteiger partial charge in [-0.2, -0.15) is 0 Å². The van der Waals surface area contributed by atoms with Gasteiger partial charge in [0.25, 0.3) is 0 Å². The molecule has 0 atom stereocenters. The van der Waals surface area contributed by atoms with Crippen LogP contribution in [0.4, 0.5) is 0 Å². The predicted molar refractivity (Wildman–Crippen MR) is 74.2 cm³/mol. The Bertz CT molecular complexity index is 618. The zero-order valence-corrected chi connectivity index (χ0v) is 11.6. The lowest BCUT2D eigenvalue weighted by molar-refractivity contribution is 0.506. The van der Waals surface area contributed by atoms with Gasteiger partial charge < -0.3 is 4.42 Å². The maximum Gasteiger partial charge on any atom is 0.215 e. The van der Waals surface area contributed by atoms with Crippen LogP contribution in [0.2, 0.25) is 0 Å². The van der Waals surface area contributed by atoms with Crippen LogP contribution in [0.1, 0.15) is 16.9 Å². The highest BCUT2D eigenvalue weighted by Crippen LogP contribution is 2.08. The number of sulfonamides is 1. The molecule has 0 aliphatic rings. The fraction of sp³-hybridized carbons (Fsp3) is 0.286. The van der Waals surface area contributed by atoms with Gasteiger partial charge in [-0.25, -0.2) is 13.1 Å². The van der Waals surface area contributed by atoms with E-state index in [1.54, 1.807) is 12.3 Å². The highest BCUT2D eigenvalue weighted by Gasteiger charge is 2.11. The molecule has 0 radical (unpaired) electrons. The molecule has 1 aromatic carbocycles. The molecule has 0 spiro atoms. The number of benzene rings is 1. The van der Waals surface area contributed by atoms with Gasteiger partial charge in [0.2, 0.25) is 10.0 Å². The largest absolute Gasteiger partial charge is 0.469 e. The third-order valence-corrected chi connectivity index (χ3v) is 4.07. The third kappa shape index (κ3) is 4.54.